The maximum atomic E-state index is 13.0. The molecule has 0 aliphatic rings. The first kappa shape index (κ1) is 25.2. The van der Waals surface area contributed by atoms with Gasteiger partial charge in [0, 0.05) is 18.4 Å². The molecular formula is C28H25B2N3O3. The number of amides is 1. The second-order valence-electron chi connectivity index (χ2n) is 8.77. The minimum Gasteiger partial charge on any atom is -0.457 e. The number of aromatic nitrogens is 1. The number of ether oxygens (including phenoxy) is 1. The minimum absolute atomic E-state index is 0.124. The number of aryl methyl sites for hydroxylation is 2. The maximum Gasteiger partial charge on any atom is 0.338 e. The van der Waals surface area contributed by atoms with Crippen LogP contribution in [0.2, 0.25) is 0 Å². The van der Waals surface area contributed by atoms with Gasteiger partial charge in [0.05, 0.1) is 11.5 Å². The Kier molecular flexibility index (Phi) is 7.55. The molecule has 4 rings (SSSR count). The van der Waals surface area contributed by atoms with Crippen LogP contribution in [0.25, 0.3) is 10.8 Å². The normalized spacial score (nSPS) is 11.8. The van der Waals surface area contributed by atoms with Crippen molar-refractivity contribution in [2.45, 2.75) is 26.4 Å². The van der Waals surface area contributed by atoms with E-state index in [2.05, 4.69) is 10.3 Å². The molecule has 0 fully saturated rings. The van der Waals surface area contributed by atoms with Gasteiger partial charge in [-0.05, 0) is 65.1 Å². The van der Waals surface area contributed by atoms with Crippen molar-refractivity contribution in [2.75, 3.05) is 11.9 Å². The maximum absolute atomic E-state index is 13.0. The number of carbonyl (C=O) groups is 2. The Hall–Kier alpha value is -3.90. The summed E-state index contributed by atoms with van der Waals surface area (Å²) in [6, 6.07) is 18.3. The van der Waals surface area contributed by atoms with Crippen LogP contribution >= 0.6 is 0 Å². The van der Waals surface area contributed by atoms with Crippen molar-refractivity contribution in [1.82, 2.24) is 4.98 Å². The van der Waals surface area contributed by atoms with E-state index in [1.807, 2.05) is 56.3 Å². The minimum atomic E-state index is -0.563. The number of anilines is 1. The summed E-state index contributed by atoms with van der Waals surface area (Å²) >= 11 is 0. The van der Waals surface area contributed by atoms with Crippen LogP contribution in [0.3, 0.4) is 0 Å². The van der Waals surface area contributed by atoms with E-state index in [0.29, 0.717) is 22.1 Å². The van der Waals surface area contributed by atoms with Crippen LogP contribution < -0.4 is 22.1 Å². The molecule has 1 heterocycles. The second-order valence-corrected chi connectivity index (χ2v) is 8.77. The van der Waals surface area contributed by atoms with Crippen LogP contribution in [0.5, 0.6) is 0 Å². The van der Waals surface area contributed by atoms with Gasteiger partial charge in [-0.15, -0.1) is 0 Å². The summed E-state index contributed by atoms with van der Waals surface area (Å²) in [6.45, 7) is 4.11. The Labute approximate surface area is 213 Å². The number of carbonyl (C=O) groups excluding carboxylic acids is 2. The highest BCUT2D eigenvalue weighted by atomic mass is 16.5. The third kappa shape index (κ3) is 5.50. The molecule has 0 saturated carbocycles. The molecule has 4 aromatic rings. The van der Waals surface area contributed by atoms with E-state index in [0.717, 1.165) is 27.6 Å². The van der Waals surface area contributed by atoms with E-state index >= 15 is 0 Å². The largest absolute Gasteiger partial charge is 0.457 e. The van der Waals surface area contributed by atoms with Crippen LogP contribution in [-0.4, -0.2) is 39.1 Å². The van der Waals surface area contributed by atoms with Gasteiger partial charge in [0.15, 0.2) is 0 Å². The predicted molar refractivity (Wildman–Crippen MR) is 144 cm³/mol. The molecule has 0 unspecified atom stereocenters. The van der Waals surface area contributed by atoms with Crippen molar-refractivity contribution in [1.29, 1.82) is 0 Å². The van der Waals surface area contributed by atoms with Crippen LogP contribution in [-0.2, 0) is 16.1 Å². The molecule has 6 nitrogen and oxygen atoms in total. The lowest BCUT2D eigenvalue weighted by molar-refractivity contribution is -0.117. The van der Waals surface area contributed by atoms with Crippen LogP contribution in [0.15, 0.2) is 66.9 Å². The van der Waals surface area contributed by atoms with Gasteiger partial charge in [-0.1, -0.05) is 53.5 Å². The fourth-order valence-electron chi connectivity index (χ4n) is 4.07. The van der Waals surface area contributed by atoms with Crippen molar-refractivity contribution in [2.24, 2.45) is 5.73 Å². The number of esters is 1. The van der Waals surface area contributed by atoms with E-state index in [9.17, 15) is 9.59 Å². The average molecular weight is 473 g/mol. The lowest BCUT2D eigenvalue weighted by Gasteiger charge is -2.17. The Morgan fingerprint density at radius 1 is 1.03 bits per heavy atom. The first-order valence-corrected chi connectivity index (χ1v) is 11.5. The second kappa shape index (κ2) is 10.8. The van der Waals surface area contributed by atoms with Crippen molar-refractivity contribution in [3.05, 3.63) is 94.7 Å². The van der Waals surface area contributed by atoms with Gasteiger partial charge in [0.2, 0.25) is 5.91 Å². The van der Waals surface area contributed by atoms with Gasteiger partial charge in [0.25, 0.3) is 0 Å². The first-order chi connectivity index (χ1) is 17.3. The fraction of sp³-hybridized carbons (Fsp3) is 0.179. The summed E-state index contributed by atoms with van der Waals surface area (Å²) in [4.78, 5) is 29.5. The molecule has 176 valence electrons. The molecule has 0 saturated heterocycles. The molecular weight excluding hydrogens is 448 g/mol. The van der Waals surface area contributed by atoms with E-state index in [4.69, 9.17) is 26.2 Å². The zero-order valence-electron chi connectivity index (χ0n) is 20.2. The highest BCUT2D eigenvalue weighted by molar-refractivity contribution is 6.51. The number of nitrogens with zero attached hydrogens (tertiary/aromatic N) is 1. The molecule has 0 bridgehead atoms. The highest BCUT2D eigenvalue weighted by Crippen LogP contribution is 2.21. The van der Waals surface area contributed by atoms with Gasteiger partial charge >= 0.3 is 5.97 Å². The molecule has 4 radical (unpaired) electrons. The number of hydrogen-bond acceptors (Lipinski definition) is 5. The summed E-state index contributed by atoms with van der Waals surface area (Å²) < 4.78 is 5.47. The smallest absolute Gasteiger partial charge is 0.338 e. The van der Waals surface area contributed by atoms with E-state index in [1.165, 1.54) is 0 Å². The quantitative estimate of drug-likeness (QED) is 0.318. The molecule has 0 aliphatic carbocycles. The van der Waals surface area contributed by atoms with Crippen LogP contribution in [0.1, 0.15) is 38.5 Å². The number of pyridine rings is 1. The van der Waals surface area contributed by atoms with Crippen LogP contribution in [0, 0.1) is 13.8 Å². The van der Waals surface area contributed by atoms with Crippen LogP contribution in [0.4, 0.5) is 5.69 Å². The lowest BCUT2D eigenvalue weighted by Crippen LogP contribution is -2.29. The van der Waals surface area contributed by atoms with E-state index < -0.39 is 5.92 Å². The summed E-state index contributed by atoms with van der Waals surface area (Å²) in [5.41, 5.74) is 11.2. The van der Waals surface area contributed by atoms with Gasteiger partial charge in [-0.25, -0.2) is 4.79 Å². The number of nitrogens with one attached hydrogen (secondary N) is 1. The zero-order valence-corrected chi connectivity index (χ0v) is 20.2. The third-order valence-corrected chi connectivity index (χ3v) is 6.14. The fourth-order valence-corrected chi connectivity index (χ4v) is 4.07. The van der Waals surface area contributed by atoms with E-state index in [1.54, 1.807) is 24.4 Å². The summed E-state index contributed by atoms with van der Waals surface area (Å²) in [6.07, 6.45) is 1.64. The van der Waals surface area contributed by atoms with Gasteiger partial charge < -0.3 is 15.8 Å². The molecule has 1 atom stereocenters. The first-order valence-electron chi connectivity index (χ1n) is 11.5. The molecule has 8 heteroatoms. The summed E-state index contributed by atoms with van der Waals surface area (Å²) in [5.74, 6) is -1.18. The third-order valence-electron chi connectivity index (χ3n) is 6.14. The number of fused-ring (bicyclic) bond motifs is 1. The van der Waals surface area contributed by atoms with Crippen molar-refractivity contribution in [3.8, 4) is 0 Å². The lowest BCUT2D eigenvalue weighted by atomic mass is 9.82. The molecule has 0 spiro atoms. The molecule has 1 amide bonds. The standard InChI is InChI=1S/C28H25B2N3O3/c1-16-3-10-22(17(2)11-16)28(35)36-15-18-4-6-19(7-5-18)24(13-31)27(34)33-21-9-8-20-14-32-26(30)25(29)23(20)12-21/h3-12,14,24H,13,15,31H2,1-2H3,(H,33,34)/t24-/m1/s1. The van der Waals surface area contributed by atoms with Crippen molar-refractivity contribution in [3.63, 3.8) is 0 Å². The SMILES string of the molecule is [B]c1ncc2ccc(NC(=O)[C@H](CN)c3ccc(COC(=O)c4ccc(C)cc4C)cc3)cc2c1[B]. The van der Waals surface area contributed by atoms with Gasteiger partial charge in [0.1, 0.15) is 22.3 Å². The summed E-state index contributed by atoms with van der Waals surface area (Å²) in [7, 11) is 11.9. The van der Waals surface area contributed by atoms with E-state index in [-0.39, 0.29) is 30.6 Å². The Morgan fingerprint density at radius 2 is 1.78 bits per heavy atom. The molecule has 3 aromatic carbocycles. The molecule has 1 aromatic heterocycles. The number of hydrogen-bond donors (Lipinski definition) is 2. The van der Waals surface area contributed by atoms with Gasteiger partial charge in [-0.2, -0.15) is 0 Å². The number of nitrogens with two attached hydrogens (primary N) is 1. The number of rotatable bonds is 7. The Bertz CT molecular complexity index is 1440. The molecule has 0 aliphatic heterocycles. The topological polar surface area (TPSA) is 94.3 Å². The van der Waals surface area contributed by atoms with Gasteiger partial charge in [-0.3, -0.25) is 9.78 Å². The number of benzene rings is 3. The molecule has 3 N–H and O–H groups in total. The summed E-state index contributed by atoms with van der Waals surface area (Å²) in [5, 5.41) is 4.44. The highest BCUT2D eigenvalue weighted by Gasteiger charge is 2.20. The Balaban J connectivity index is 1.42. The molecule has 36 heavy (non-hydrogen) atoms. The monoisotopic (exact) mass is 473 g/mol. The zero-order chi connectivity index (χ0) is 25.8. The predicted octanol–water partition coefficient (Wildman–Crippen LogP) is 2.48. The van der Waals surface area contributed by atoms with Crippen molar-refractivity contribution < 1.29 is 14.3 Å². The Morgan fingerprint density at radius 3 is 2.47 bits per heavy atom. The van der Waals surface area contributed by atoms with Crippen molar-refractivity contribution >= 4 is 55.1 Å². The average Bonchev–Trinajstić information content (AvgIpc) is 2.86.